The highest BCUT2D eigenvalue weighted by atomic mass is 16.3. The average Bonchev–Trinajstić information content (AvgIpc) is 2.75. The third-order valence-electron chi connectivity index (χ3n) is 3.23. The van der Waals surface area contributed by atoms with E-state index in [1.807, 2.05) is 0 Å². The van der Waals surface area contributed by atoms with Crippen LogP contribution in [0.1, 0.15) is 43.6 Å². The molecule has 0 aromatic carbocycles. The van der Waals surface area contributed by atoms with Crippen LogP contribution in [0, 0.1) is 0 Å². The molecule has 0 saturated heterocycles. The summed E-state index contributed by atoms with van der Waals surface area (Å²) in [4.78, 5) is 2.86. The number of hydrogen-bond acceptors (Lipinski definition) is 3. The summed E-state index contributed by atoms with van der Waals surface area (Å²) in [5.74, 6) is 1.53. The number of nitrogens with zero attached hydrogens (tertiary/aromatic N) is 2. The highest BCUT2D eigenvalue weighted by Gasteiger charge is 2.29. The van der Waals surface area contributed by atoms with Gasteiger partial charge in [0.15, 0.2) is 11.5 Å². The first-order chi connectivity index (χ1) is 6.86. The number of hydrogen-bond donors (Lipinski definition) is 2. The van der Waals surface area contributed by atoms with Crippen molar-refractivity contribution in [3.8, 4) is 5.88 Å². The van der Waals surface area contributed by atoms with E-state index in [2.05, 4.69) is 15.2 Å². The van der Waals surface area contributed by atoms with E-state index in [1.54, 1.807) is 0 Å². The molecule has 4 nitrogen and oxygen atoms in total. The molecule has 4 heteroatoms. The Morgan fingerprint density at radius 2 is 1.93 bits per heavy atom. The maximum absolute atomic E-state index is 9.49. The summed E-state index contributed by atoms with van der Waals surface area (Å²) in [6, 6.07) is 0. The van der Waals surface area contributed by atoms with E-state index < -0.39 is 0 Å². The van der Waals surface area contributed by atoms with Crippen LogP contribution >= 0.6 is 0 Å². The predicted octanol–water partition coefficient (Wildman–Crippen LogP) is 3.50. The molecule has 0 atom stereocenters. The van der Waals surface area contributed by atoms with Crippen LogP contribution in [0.3, 0.4) is 0 Å². The molecular formula is C10H13N3O. The summed E-state index contributed by atoms with van der Waals surface area (Å²) in [7, 11) is 0. The monoisotopic (exact) mass is 191 g/mol. The van der Waals surface area contributed by atoms with Gasteiger partial charge in [0.1, 0.15) is 0 Å². The molecule has 1 saturated carbocycles. The Bertz CT molecular complexity index is 388. The van der Waals surface area contributed by atoms with Gasteiger partial charge in [-0.05, 0) is 18.8 Å². The van der Waals surface area contributed by atoms with E-state index in [0.29, 0.717) is 11.6 Å². The van der Waals surface area contributed by atoms with E-state index in [-0.39, 0.29) is 5.88 Å². The summed E-state index contributed by atoms with van der Waals surface area (Å²) in [5.41, 5.74) is 1.84. The van der Waals surface area contributed by atoms with Gasteiger partial charge in [-0.2, -0.15) is 0 Å². The Morgan fingerprint density at radius 3 is 2.50 bits per heavy atom. The van der Waals surface area contributed by atoms with Crippen LogP contribution in [0.4, 0.5) is 11.5 Å². The van der Waals surface area contributed by atoms with Gasteiger partial charge in [-0.3, -0.25) is 0 Å². The van der Waals surface area contributed by atoms with Gasteiger partial charge < -0.3 is 10.1 Å². The summed E-state index contributed by atoms with van der Waals surface area (Å²) in [6.07, 6.45) is 6.33. The highest BCUT2D eigenvalue weighted by Crippen LogP contribution is 2.50. The SMILES string of the molecule is Oc1[nH]c2c(C3CCCCC3)c1N=N2. The molecule has 74 valence electrons. The smallest absolute Gasteiger partial charge is 0.219 e. The zero-order chi connectivity index (χ0) is 9.54. The molecule has 14 heavy (non-hydrogen) atoms. The van der Waals surface area contributed by atoms with Crippen LogP contribution in [0.5, 0.6) is 5.88 Å². The lowest BCUT2D eigenvalue weighted by Gasteiger charge is -2.20. The molecule has 0 radical (unpaired) electrons. The molecule has 3 rings (SSSR count). The Morgan fingerprint density at radius 1 is 1.14 bits per heavy atom. The molecule has 0 unspecified atom stereocenters. The lowest BCUT2D eigenvalue weighted by atomic mass is 9.84. The second-order valence-electron chi connectivity index (χ2n) is 4.12. The van der Waals surface area contributed by atoms with E-state index >= 15 is 0 Å². The molecule has 2 heterocycles. The minimum absolute atomic E-state index is 0.190. The molecule has 0 spiro atoms. The van der Waals surface area contributed by atoms with Gasteiger partial charge in [0.05, 0.1) is 0 Å². The maximum atomic E-state index is 9.49. The zero-order valence-electron chi connectivity index (χ0n) is 7.95. The highest BCUT2D eigenvalue weighted by molar-refractivity contribution is 5.69. The lowest BCUT2D eigenvalue weighted by molar-refractivity contribution is 0.443. The number of aromatic amines is 1. The first kappa shape index (κ1) is 8.03. The molecule has 0 amide bonds. The van der Waals surface area contributed by atoms with E-state index in [0.717, 1.165) is 11.4 Å². The minimum atomic E-state index is 0.190. The van der Waals surface area contributed by atoms with Crippen LogP contribution < -0.4 is 0 Å². The van der Waals surface area contributed by atoms with Gasteiger partial charge in [-0.15, -0.1) is 10.2 Å². The van der Waals surface area contributed by atoms with Gasteiger partial charge in [-0.25, -0.2) is 0 Å². The van der Waals surface area contributed by atoms with Gasteiger partial charge >= 0.3 is 0 Å². The Labute approximate surface area is 82.1 Å². The zero-order valence-corrected chi connectivity index (χ0v) is 7.95. The molecule has 2 N–H and O–H groups in total. The van der Waals surface area contributed by atoms with Gasteiger partial charge in [0, 0.05) is 5.56 Å². The number of rotatable bonds is 1. The van der Waals surface area contributed by atoms with E-state index in [9.17, 15) is 5.11 Å². The number of aromatic nitrogens is 1. The molecule has 2 bridgehead atoms. The van der Waals surface area contributed by atoms with Crippen molar-refractivity contribution in [2.24, 2.45) is 10.2 Å². The van der Waals surface area contributed by atoms with Crippen molar-refractivity contribution in [2.45, 2.75) is 38.0 Å². The summed E-state index contributed by atoms with van der Waals surface area (Å²) < 4.78 is 0. The fraction of sp³-hybridized carbons (Fsp3) is 0.600. The number of azo groups is 1. The molecule has 1 fully saturated rings. The van der Waals surface area contributed by atoms with E-state index in [1.165, 1.54) is 32.1 Å². The standard InChI is InChI=1S/C10H13N3O/c14-10-8-7(9(11-10)13-12-8)6-4-2-1-3-5-6/h6,11,14H,1-5H2. The van der Waals surface area contributed by atoms with Gasteiger partial charge in [0.2, 0.25) is 5.88 Å². The number of fused-ring (bicyclic) bond motifs is 2. The Kier molecular flexibility index (Phi) is 1.63. The number of nitrogens with one attached hydrogen (secondary N) is 1. The molecular weight excluding hydrogens is 178 g/mol. The van der Waals surface area contributed by atoms with Crippen molar-refractivity contribution in [2.75, 3.05) is 0 Å². The number of H-pyrrole nitrogens is 1. The van der Waals surface area contributed by atoms with Crippen LogP contribution in [0.15, 0.2) is 10.2 Å². The van der Waals surface area contributed by atoms with Crippen LogP contribution in [-0.4, -0.2) is 10.1 Å². The third kappa shape index (κ3) is 0.997. The summed E-state index contributed by atoms with van der Waals surface area (Å²) in [5, 5.41) is 17.4. The molecule has 1 aromatic heterocycles. The minimum Gasteiger partial charge on any atom is -0.493 e. The largest absolute Gasteiger partial charge is 0.493 e. The quantitative estimate of drug-likeness (QED) is 0.712. The normalized spacial score (nSPS) is 20.6. The molecule has 1 aliphatic heterocycles. The summed E-state index contributed by atoms with van der Waals surface area (Å²) in [6.45, 7) is 0. The average molecular weight is 191 g/mol. The van der Waals surface area contributed by atoms with Crippen molar-refractivity contribution < 1.29 is 5.11 Å². The fourth-order valence-electron chi connectivity index (χ4n) is 2.54. The van der Waals surface area contributed by atoms with Crippen LogP contribution in [0.25, 0.3) is 0 Å². The molecule has 1 aromatic rings. The Balaban J connectivity index is 1.97. The van der Waals surface area contributed by atoms with Crippen molar-refractivity contribution in [3.63, 3.8) is 0 Å². The van der Waals surface area contributed by atoms with Crippen molar-refractivity contribution >= 4 is 11.5 Å². The fourth-order valence-corrected chi connectivity index (χ4v) is 2.54. The lowest BCUT2D eigenvalue weighted by Crippen LogP contribution is -2.03. The summed E-state index contributed by atoms with van der Waals surface area (Å²) >= 11 is 0. The van der Waals surface area contributed by atoms with Crippen molar-refractivity contribution in [3.05, 3.63) is 5.56 Å². The maximum Gasteiger partial charge on any atom is 0.219 e. The van der Waals surface area contributed by atoms with Crippen LogP contribution in [0.2, 0.25) is 0 Å². The topological polar surface area (TPSA) is 60.7 Å². The van der Waals surface area contributed by atoms with Crippen molar-refractivity contribution in [1.29, 1.82) is 0 Å². The van der Waals surface area contributed by atoms with Crippen molar-refractivity contribution in [1.82, 2.24) is 4.98 Å². The third-order valence-corrected chi connectivity index (χ3v) is 3.23. The van der Waals surface area contributed by atoms with Gasteiger partial charge in [0.25, 0.3) is 0 Å². The first-order valence-electron chi connectivity index (χ1n) is 5.23. The molecule has 1 aliphatic carbocycles. The Hall–Kier alpha value is -1.32. The second-order valence-corrected chi connectivity index (χ2v) is 4.12. The van der Waals surface area contributed by atoms with Gasteiger partial charge in [-0.1, -0.05) is 19.3 Å². The second kappa shape index (κ2) is 2.83. The number of aromatic hydroxyl groups is 1. The first-order valence-corrected chi connectivity index (χ1v) is 5.23. The predicted molar refractivity (Wildman–Crippen MR) is 52.5 cm³/mol. The van der Waals surface area contributed by atoms with E-state index in [4.69, 9.17) is 0 Å². The van der Waals surface area contributed by atoms with Crippen LogP contribution in [-0.2, 0) is 0 Å². The molecule has 2 aliphatic rings.